The number of nitrogens with two attached hydrogens (primary N) is 1. The SMILES string of the molecule is CC(C)C(C)(C)CNCCC(N)CC(C)(C)C. The van der Waals surface area contributed by atoms with Crippen LogP contribution in [0.1, 0.15) is 61.3 Å². The first-order valence-electron chi connectivity index (χ1n) is 7.01. The molecule has 3 N–H and O–H groups in total. The Morgan fingerprint density at radius 1 is 1.06 bits per heavy atom. The topological polar surface area (TPSA) is 38.0 Å². The maximum absolute atomic E-state index is 6.13. The lowest BCUT2D eigenvalue weighted by Crippen LogP contribution is -2.36. The van der Waals surface area contributed by atoms with Crippen molar-refractivity contribution in [2.45, 2.75) is 67.3 Å². The van der Waals surface area contributed by atoms with Gasteiger partial charge in [0.2, 0.25) is 0 Å². The minimum Gasteiger partial charge on any atom is -0.328 e. The van der Waals surface area contributed by atoms with E-state index >= 15 is 0 Å². The monoisotopic (exact) mass is 242 g/mol. The number of hydrogen-bond donors (Lipinski definition) is 2. The van der Waals surface area contributed by atoms with Crippen molar-refractivity contribution in [3.05, 3.63) is 0 Å². The van der Waals surface area contributed by atoms with E-state index in [1.807, 2.05) is 0 Å². The Kier molecular flexibility index (Phi) is 6.71. The summed E-state index contributed by atoms with van der Waals surface area (Å²) in [5, 5.41) is 3.54. The molecule has 0 fully saturated rings. The molecule has 0 aromatic rings. The molecule has 0 rings (SSSR count). The molecular formula is C15H34N2. The zero-order valence-corrected chi connectivity index (χ0v) is 13.1. The van der Waals surface area contributed by atoms with E-state index in [2.05, 4.69) is 53.8 Å². The van der Waals surface area contributed by atoms with Crippen molar-refractivity contribution in [3.63, 3.8) is 0 Å². The summed E-state index contributed by atoms with van der Waals surface area (Å²) in [6.45, 7) is 18.1. The normalized spacial score (nSPS) is 15.4. The number of nitrogens with one attached hydrogen (secondary N) is 1. The van der Waals surface area contributed by atoms with E-state index in [0.29, 0.717) is 22.8 Å². The van der Waals surface area contributed by atoms with Crippen LogP contribution in [0.15, 0.2) is 0 Å². The first-order valence-corrected chi connectivity index (χ1v) is 7.01. The molecule has 0 radical (unpaired) electrons. The van der Waals surface area contributed by atoms with Crippen LogP contribution in [0.3, 0.4) is 0 Å². The zero-order chi connectivity index (χ0) is 13.7. The van der Waals surface area contributed by atoms with Gasteiger partial charge in [0.15, 0.2) is 0 Å². The average Bonchev–Trinajstić information content (AvgIpc) is 2.09. The van der Waals surface area contributed by atoms with Crippen LogP contribution < -0.4 is 11.1 Å². The third-order valence-corrected chi connectivity index (χ3v) is 3.71. The van der Waals surface area contributed by atoms with E-state index in [4.69, 9.17) is 5.73 Å². The molecule has 0 saturated carbocycles. The summed E-state index contributed by atoms with van der Waals surface area (Å²) in [5.74, 6) is 0.707. The van der Waals surface area contributed by atoms with E-state index in [-0.39, 0.29) is 0 Å². The molecule has 0 saturated heterocycles. The minimum absolute atomic E-state index is 0.324. The molecule has 0 aliphatic heterocycles. The lowest BCUT2D eigenvalue weighted by atomic mass is 9.81. The second-order valence-corrected chi connectivity index (χ2v) is 7.63. The van der Waals surface area contributed by atoms with Crippen LogP contribution in [-0.4, -0.2) is 19.1 Å². The number of rotatable bonds is 7. The van der Waals surface area contributed by atoms with Crippen molar-refractivity contribution in [3.8, 4) is 0 Å². The third-order valence-electron chi connectivity index (χ3n) is 3.71. The van der Waals surface area contributed by atoms with Crippen LogP contribution in [0.5, 0.6) is 0 Å². The van der Waals surface area contributed by atoms with Crippen molar-refractivity contribution in [2.24, 2.45) is 22.5 Å². The van der Waals surface area contributed by atoms with Crippen LogP contribution in [0.25, 0.3) is 0 Å². The maximum atomic E-state index is 6.13. The van der Waals surface area contributed by atoms with Gasteiger partial charge in [-0.15, -0.1) is 0 Å². The smallest absolute Gasteiger partial charge is 0.00558 e. The fourth-order valence-electron chi connectivity index (χ4n) is 1.79. The van der Waals surface area contributed by atoms with Gasteiger partial charge < -0.3 is 11.1 Å². The Bertz CT molecular complexity index is 201. The maximum Gasteiger partial charge on any atom is 0.00558 e. The number of hydrogen-bond acceptors (Lipinski definition) is 2. The fourth-order valence-corrected chi connectivity index (χ4v) is 1.79. The molecule has 0 amide bonds. The van der Waals surface area contributed by atoms with Crippen molar-refractivity contribution < 1.29 is 0 Å². The van der Waals surface area contributed by atoms with Gasteiger partial charge in [0, 0.05) is 12.6 Å². The predicted octanol–water partition coefficient (Wildman–Crippen LogP) is 3.41. The van der Waals surface area contributed by atoms with Gasteiger partial charge in [-0.3, -0.25) is 0 Å². The van der Waals surface area contributed by atoms with E-state index < -0.39 is 0 Å². The highest BCUT2D eigenvalue weighted by Crippen LogP contribution is 2.24. The van der Waals surface area contributed by atoms with E-state index in [9.17, 15) is 0 Å². The largest absolute Gasteiger partial charge is 0.328 e. The van der Waals surface area contributed by atoms with Gasteiger partial charge in [0.1, 0.15) is 0 Å². The van der Waals surface area contributed by atoms with Gasteiger partial charge in [0.25, 0.3) is 0 Å². The Labute approximate surface area is 109 Å². The van der Waals surface area contributed by atoms with E-state index in [1.54, 1.807) is 0 Å². The van der Waals surface area contributed by atoms with Crippen LogP contribution in [0.4, 0.5) is 0 Å². The fraction of sp³-hybridized carbons (Fsp3) is 1.00. The second-order valence-electron chi connectivity index (χ2n) is 7.63. The summed E-state index contributed by atoms with van der Waals surface area (Å²) in [6, 6.07) is 0.324. The molecule has 0 heterocycles. The van der Waals surface area contributed by atoms with Crippen LogP contribution in [0, 0.1) is 16.7 Å². The minimum atomic E-state index is 0.324. The summed E-state index contributed by atoms with van der Waals surface area (Å²) >= 11 is 0. The summed E-state index contributed by atoms with van der Waals surface area (Å²) in [5.41, 5.74) is 6.84. The van der Waals surface area contributed by atoms with Crippen molar-refractivity contribution >= 4 is 0 Å². The van der Waals surface area contributed by atoms with Gasteiger partial charge in [-0.25, -0.2) is 0 Å². The highest BCUT2D eigenvalue weighted by molar-refractivity contribution is 4.76. The molecular weight excluding hydrogens is 208 g/mol. The lowest BCUT2D eigenvalue weighted by molar-refractivity contribution is 0.236. The summed E-state index contributed by atoms with van der Waals surface area (Å²) < 4.78 is 0. The van der Waals surface area contributed by atoms with Gasteiger partial charge in [-0.05, 0) is 36.1 Å². The summed E-state index contributed by atoms with van der Waals surface area (Å²) in [4.78, 5) is 0. The summed E-state index contributed by atoms with van der Waals surface area (Å²) in [6.07, 6.45) is 2.17. The van der Waals surface area contributed by atoms with E-state index in [1.165, 1.54) is 0 Å². The first-order chi connectivity index (χ1) is 7.54. The molecule has 2 nitrogen and oxygen atoms in total. The van der Waals surface area contributed by atoms with Gasteiger partial charge >= 0.3 is 0 Å². The van der Waals surface area contributed by atoms with Crippen molar-refractivity contribution in [2.75, 3.05) is 13.1 Å². The Balaban J connectivity index is 3.72. The molecule has 2 heteroatoms. The second kappa shape index (κ2) is 6.75. The predicted molar refractivity (Wildman–Crippen MR) is 78.2 cm³/mol. The van der Waals surface area contributed by atoms with Crippen LogP contribution in [0.2, 0.25) is 0 Å². The van der Waals surface area contributed by atoms with Crippen molar-refractivity contribution in [1.29, 1.82) is 0 Å². The van der Waals surface area contributed by atoms with Gasteiger partial charge in [-0.1, -0.05) is 48.5 Å². The molecule has 0 aromatic heterocycles. The molecule has 17 heavy (non-hydrogen) atoms. The molecule has 0 spiro atoms. The van der Waals surface area contributed by atoms with Crippen molar-refractivity contribution in [1.82, 2.24) is 5.32 Å². The molecule has 0 aliphatic rings. The van der Waals surface area contributed by atoms with Gasteiger partial charge in [-0.2, -0.15) is 0 Å². The molecule has 104 valence electrons. The summed E-state index contributed by atoms with van der Waals surface area (Å²) in [7, 11) is 0. The van der Waals surface area contributed by atoms with Crippen LogP contribution >= 0.6 is 0 Å². The van der Waals surface area contributed by atoms with E-state index in [0.717, 1.165) is 25.9 Å². The standard InChI is InChI=1S/C15H34N2/c1-12(2)15(6,7)11-17-9-8-13(16)10-14(3,4)5/h12-13,17H,8-11,16H2,1-7H3. The molecule has 0 bridgehead atoms. The molecule has 0 aliphatic carbocycles. The Hall–Kier alpha value is -0.0800. The van der Waals surface area contributed by atoms with Gasteiger partial charge in [0.05, 0.1) is 0 Å². The van der Waals surface area contributed by atoms with Crippen LogP contribution in [-0.2, 0) is 0 Å². The molecule has 1 atom stereocenters. The first kappa shape index (κ1) is 16.9. The zero-order valence-electron chi connectivity index (χ0n) is 13.1. The Morgan fingerprint density at radius 3 is 2.00 bits per heavy atom. The third kappa shape index (κ3) is 8.62. The molecule has 1 unspecified atom stereocenters. The highest BCUT2D eigenvalue weighted by Gasteiger charge is 2.21. The quantitative estimate of drug-likeness (QED) is 0.671. The Morgan fingerprint density at radius 2 is 1.59 bits per heavy atom. The molecule has 0 aromatic carbocycles. The average molecular weight is 242 g/mol. The lowest BCUT2D eigenvalue weighted by Gasteiger charge is -2.30. The highest BCUT2D eigenvalue weighted by atomic mass is 14.9.